The van der Waals surface area contributed by atoms with Gasteiger partial charge in [-0.3, -0.25) is 15.1 Å². The highest BCUT2D eigenvalue weighted by Crippen LogP contribution is 2.30. The van der Waals surface area contributed by atoms with Gasteiger partial charge in [0.1, 0.15) is 5.75 Å². The molecule has 0 saturated carbocycles. The van der Waals surface area contributed by atoms with E-state index in [1.807, 2.05) is 24.3 Å². The predicted octanol–water partition coefficient (Wildman–Crippen LogP) is 5.35. The fourth-order valence-corrected chi connectivity index (χ4v) is 3.22. The summed E-state index contributed by atoms with van der Waals surface area (Å²) in [6, 6.07) is 21.0. The van der Waals surface area contributed by atoms with Gasteiger partial charge in [-0.15, -0.1) is 0 Å². The summed E-state index contributed by atoms with van der Waals surface area (Å²) in [6.07, 6.45) is 0.801. The first kappa shape index (κ1) is 21.1. The molecule has 7 nitrogen and oxygen atoms in total. The Hall–Kier alpha value is -3.65. The summed E-state index contributed by atoms with van der Waals surface area (Å²) in [5.74, 6) is -0.537. The zero-order valence-electron chi connectivity index (χ0n) is 16.0. The molecule has 30 heavy (non-hydrogen) atoms. The van der Waals surface area contributed by atoms with E-state index < -0.39 is 17.0 Å². The number of nitro benzene ring substituents is 1. The zero-order chi connectivity index (χ0) is 21.5. The van der Waals surface area contributed by atoms with E-state index in [1.54, 1.807) is 42.6 Å². The molecule has 0 aromatic heterocycles. The Bertz CT molecular complexity index is 1050. The van der Waals surface area contributed by atoms with Gasteiger partial charge in [0.15, 0.2) is 6.10 Å². The van der Waals surface area contributed by atoms with Crippen molar-refractivity contribution in [2.75, 3.05) is 0 Å². The second-order valence-electron chi connectivity index (χ2n) is 6.27. The summed E-state index contributed by atoms with van der Waals surface area (Å²) in [5.41, 5.74) is 1.71. The van der Waals surface area contributed by atoms with Crippen molar-refractivity contribution in [3.05, 3.63) is 88.5 Å². The lowest BCUT2D eigenvalue weighted by Gasteiger charge is -2.09. The third-order valence-electron chi connectivity index (χ3n) is 4.02. The van der Waals surface area contributed by atoms with Crippen molar-refractivity contribution in [3.63, 3.8) is 0 Å². The van der Waals surface area contributed by atoms with Crippen molar-refractivity contribution in [2.24, 2.45) is 4.99 Å². The van der Waals surface area contributed by atoms with Gasteiger partial charge in [0.25, 0.3) is 5.69 Å². The number of carboxylic acids is 1. The molecule has 1 atom stereocenters. The number of hydrogen-bond donors (Lipinski definition) is 1. The summed E-state index contributed by atoms with van der Waals surface area (Å²) in [6.45, 7) is 1.47. The van der Waals surface area contributed by atoms with Gasteiger partial charge in [0.05, 0.1) is 10.6 Å². The van der Waals surface area contributed by atoms with Crippen molar-refractivity contribution in [3.8, 4) is 5.75 Å². The molecule has 0 saturated heterocycles. The van der Waals surface area contributed by atoms with Crippen LogP contribution < -0.4 is 4.74 Å². The first-order chi connectivity index (χ1) is 14.4. The quantitative estimate of drug-likeness (QED) is 0.298. The van der Waals surface area contributed by atoms with Crippen LogP contribution in [-0.2, 0) is 4.79 Å². The fraction of sp³-hybridized carbons (Fsp3) is 0.0909. The van der Waals surface area contributed by atoms with Gasteiger partial charge in [-0.2, -0.15) is 0 Å². The fourth-order valence-electron chi connectivity index (χ4n) is 2.41. The lowest BCUT2D eigenvalue weighted by Crippen LogP contribution is -2.22. The molecular weight excluding hydrogens is 404 g/mol. The molecule has 3 aromatic rings. The van der Waals surface area contributed by atoms with Gasteiger partial charge in [0, 0.05) is 28.1 Å². The van der Waals surface area contributed by atoms with E-state index in [1.165, 1.54) is 30.8 Å². The number of non-ortho nitro benzene ring substituents is 1. The van der Waals surface area contributed by atoms with Crippen LogP contribution in [0.2, 0.25) is 0 Å². The van der Waals surface area contributed by atoms with Crippen LogP contribution in [0.4, 0.5) is 11.4 Å². The Kier molecular flexibility index (Phi) is 6.82. The van der Waals surface area contributed by atoms with Crippen molar-refractivity contribution >= 4 is 35.3 Å². The molecule has 0 aliphatic carbocycles. The third-order valence-corrected chi connectivity index (χ3v) is 5.04. The van der Waals surface area contributed by atoms with Crippen LogP contribution in [0.3, 0.4) is 0 Å². The van der Waals surface area contributed by atoms with Gasteiger partial charge >= 0.3 is 5.97 Å². The molecular formula is C22H18N2O5S. The second-order valence-corrected chi connectivity index (χ2v) is 7.42. The molecule has 0 heterocycles. The average Bonchev–Trinajstić information content (AvgIpc) is 2.74. The predicted molar refractivity (Wildman–Crippen MR) is 115 cm³/mol. The van der Waals surface area contributed by atoms with Gasteiger partial charge < -0.3 is 9.84 Å². The van der Waals surface area contributed by atoms with E-state index in [0.717, 1.165) is 21.0 Å². The van der Waals surface area contributed by atoms with Crippen LogP contribution >= 0.6 is 11.8 Å². The molecule has 8 heteroatoms. The minimum atomic E-state index is -1.02. The van der Waals surface area contributed by atoms with Gasteiger partial charge in [0.2, 0.25) is 0 Å². The molecule has 1 N–H and O–H groups in total. The molecule has 0 aliphatic heterocycles. The van der Waals surface area contributed by atoms with Crippen LogP contribution in [0.15, 0.2) is 87.6 Å². The van der Waals surface area contributed by atoms with Gasteiger partial charge in [-0.25, -0.2) is 4.79 Å². The number of ether oxygens (including phenoxy) is 1. The molecule has 0 spiro atoms. The number of aliphatic carboxylic acids is 1. The maximum Gasteiger partial charge on any atom is 0.344 e. The summed E-state index contributed by atoms with van der Waals surface area (Å²) in [4.78, 5) is 27.5. The smallest absolute Gasteiger partial charge is 0.344 e. The molecule has 0 radical (unpaired) electrons. The maximum atomic E-state index is 10.8. The number of aliphatic imine (C=N–C) groups is 1. The van der Waals surface area contributed by atoms with Crippen molar-refractivity contribution in [2.45, 2.75) is 22.8 Å². The number of hydrogen-bond acceptors (Lipinski definition) is 6. The van der Waals surface area contributed by atoms with Crippen LogP contribution in [0.5, 0.6) is 5.75 Å². The minimum absolute atomic E-state index is 0.0695. The van der Waals surface area contributed by atoms with E-state index in [4.69, 9.17) is 9.84 Å². The molecule has 0 bridgehead atoms. The summed E-state index contributed by atoms with van der Waals surface area (Å²) in [5, 5.41) is 19.6. The largest absolute Gasteiger partial charge is 0.479 e. The van der Waals surface area contributed by atoms with E-state index in [9.17, 15) is 14.9 Å². The Morgan fingerprint density at radius 2 is 1.60 bits per heavy atom. The molecule has 3 rings (SSSR count). The Morgan fingerprint density at radius 1 is 1.03 bits per heavy atom. The Balaban J connectivity index is 1.59. The van der Waals surface area contributed by atoms with Gasteiger partial charge in [-0.05, 0) is 73.2 Å². The normalized spacial score (nSPS) is 11.9. The van der Waals surface area contributed by atoms with Crippen molar-refractivity contribution < 1.29 is 19.6 Å². The van der Waals surface area contributed by atoms with Crippen molar-refractivity contribution in [1.82, 2.24) is 0 Å². The molecule has 0 amide bonds. The average molecular weight is 422 g/mol. The highest BCUT2D eigenvalue weighted by atomic mass is 32.2. The summed E-state index contributed by atoms with van der Waals surface area (Å²) >= 11 is 1.51. The highest BCUT2D eigenvalue weighted by molar-refractivity contribution is 7.99. The van der Waals surface area contributed by atoms with E-state index >= 15 is 0 Å². The molecule has 0 fully saturated rings. The Labute approximate surface area is 177 Å². The first-order valence-electron chi connectivity index (χ1n) is 8.97. The SMILES string of the molecule is C[C@@H](Oc1ccc(C=Nc2ccc(Sc3ccc([N+](=O)[O-])cc3)cc2)cc1)C(=O)O. The number of carboxylic acid groups (broad SMARTS) is 1. The second kappa shape index (κ2) is 9.71. The van der Waals surface area contributed by atoms with Gasteiger partial charge in [-0.1, -0.05) is 11.8 Å². The summed E-state index contributed by atoms with van der Waals surface area (Å²) in [7, 11) is 0. The standard InChI is InChI=1S/C22H18N2O5S/c1-15(22(25)26)29-19-8-2-16(3-9-19)14-23-17-4-10-20(11-5-17)30-21-12-6-18(7-13-21)24(27)28/h2-15H,1H3,(H,25,26)/t15-/m1/s1. The van der Waals surface area contributed by atoms with Crippen LogP contribution in [-0.4, -0.2) is 28.3 Å². The van der Waals surface area contributed by atoms with Crippen LogP contribution in [0.25, 0.3) is 0 Å². The number of benzene rings is 3. The topological polar surface area (TPSA) is 102 Å². The Morgan fingerprint density at radius 3 is 2.13 bits per heavy atom. The number of rotatable bonds is 8. The molecule has 3 aromatic carbocycles. The van der Waals surface area contributed by atoms with Crippen LogP contribution in [0, 0.1) is 10.1 Å². The monoisotopic (exact) mass is 422 g/mol. The number of nitro groups is 1. The minimum Gasteiger partial charge on any atom is -0.479 e. The molecule has 152 valence electrons. The van der Waals surface area contributed by atoms with E-state index in [-0.39, 0.29) is 5.69 Å². The molecule has 0 unspecified atom stereocenters. The van der Waals surface area contributed by atoms with Crippen LogP contribution in [0.1, 0.15) is 12.5 Å². The zero-order valence-corrected chi connectivity index (χ0v) is 16.8. The number of carbonyl (C=O) groups is 1. The number of nitrogens with zero attached hydrogens (tertiary/aromatic N) is 2. The molecule has 0 aliphatic rings. The lowest BCUT2D eigenvalue weighted by atomic mass is 10.2. The highest BCUT2D eigenvalue weighted by Gasteiger charge is 2.11. The first-order valence-corrected chi connectivity index (χ1v) is 9.78. The third kappa shape index (κ3) is 5.92. The van der Waals surface area contributed by atoms with E-state index in [2.05, 4.69) is 4.99 Å². The lowest BCUT2D eigenvalue weighted by molar-refractivity contribution is -0.384. The van der Waals surface area contributed by atoms with Crippen molar-refractivity contribution in [1.29, 1.82) is 0 Å². The van der Waals surface area contributed by atoms with E-state index in [0.29, 0.717) is 5.75 Å². The summed E-state index contributed by atoms with van der Waals surface area (Å²) < 4.78 is 5.29. The maximum absolute atomic E-state index is 10.8.